The van der Waals surface area contributed by atoms with Gasteiger partial charge in [-0.05, 0) is 11.1 Å². The van der Waals surface area contributed by atoms with E-state index in [4.69, 9.17) is 0 Å². The Morgan fingerprint density at radius 3 is 1.68 bits per heavy atom. The first-order valence-corrected chi connectivity index (χ1v) is 7.84. The van der Waals surface area contributed by atoms with Gasteiger partial charge in [-0.1, -0.05) is 60.7 Å². The lowest BCUT2D eigenvalue weighted by Crippen LogP contribution is -2.26. The van der Waals surface area contributed by atoms with Crippen molar-refractivity contribution in [3.8, 4) is 0 Å². The molecule has 98 valence electrons. The Morgan fingerprint density at radius 1 is 0.895 bits per heavy atom. The van der Waals surface area contributed by atoms with Crippen LogP contribution < -0.4 is 0 Å². The minimum Gasteiger partial charge on any atom is -0.324 e. The first-order chi connectivity index (χ1) is 9.29. The van der Waals surface area contributed by atoms with Gasteiger partial charge in [0, 0.05) is 23.9 Å². The Balaban J connectivity index is 2.10. The van der Waals surface area contributed by atoms with E-state index in [1.807, 2.05) is 60.7 Å². The van der Waals surface area contributed by atoms with Gasteiger partial charge in [-0.25, -0.2) is 0 Å². The predicted molar refractivity (Wildman–Crippen MR) is 84.1 cm³/mol. The van der Waals surface area contributed by atoms with E-state index in [9.17, 15) is 4.79 Å². The molecule has 0 radical (unpaired) electrons. The number of rotatable bonds is 4. The van der Waals surface area contributed by atoms with Gasteiger partial charge >= 0.3 is 0 Å². The molecule has 0 spiro atoms. The highest BCUT2D eigenvalue weighted by atomic mass is 33.1. The minimum atomic E-state index is -0.0314. The van der Waals surface area contributed by atoms with Crippen molar-refractivity contribution in [1.29, 1.82) is 0 Å². The maximum atomic E-state index is 11.9. The molecule has 0 bridgehead atoms. The van der Waals surface area contributed by atoms with Crippen LogP contribution in [0.25, 0.3) is 0 Å². The topological polar surface area (TPSA) is 20.3 Å². The monoisotopic (exact) mass is 289 g/mol. The van der Waals surface area contributed by atoms with Gasteiger partial charge in [-0.15, -0.1) is 11.7 Å². The molecule has 4 heteroatoms. The van der Waals surface area contributed by atoms with E-state index in [-0.39, 0.29) is 5.24 Å². The largest absolute Gasteiger partial charge is 0.324 e. The summed E-state index contributed by atoms with van der Waals surface area (Å²) in [5, 5.41) is -0.0314. The van der Waals surface area contributed by atoms with Crippen molar-refractivity contribution >= 4 is 27.7 Å². The van der Waals surface area contributed by atoms with Gasteiger partial charge in [-0.2, -0.15) is 0 Å². The molecule has 0 saturated heterocycles. The van der Waals surface area contributed by atoms with Crippen molar-refractivity contribution in [1.82, 2.24) is 4.90 Å². The average molecular weight is 289 g/mol. The van der Waals surface area contributed by atoms with E-state index in [1.165, 1.54) is 0 Å². The molecule has 0 fully saturated rings. The normalized spacial score (nSPS) is 10.2. The maximum Gasteiger partial charge on any atom is 0.292 e. The number of carbonyl (C=O) groups excluding carboxylic acids is 1. The molecule has 0 saturated carbocycles. The highest BCUT2D eigenvalue weighted by molar-refractivity contribution is 8.74. The number of nitrogens with zero attached hydrogens (tertiary/aromatic N) is 1. The van der Waals surface area contributed by atoms with Crippen molar-refractivity contribution in [2.75, 3.05) is 0 Å². The fourth-order valence-electron chi connectivity index (χ4n) is 1.85. The highest BCUT2D eigenvalue weighted by Crippen LogP contribution is 2.18. The second-order valence-electron chi connectivity index (χ2n) is 4.18. The quantitative estimate of drug-likeness (QED) is 0.665. The summed E-state index contributed by atoms with van der Waals surface area (Å²) in [5.74, 6) is 0. The fraction of sp³-hybridized carbons (Fsp3) is 0.133. The number of carbonyl (C=O) groups is 1. The van der Waals surface area contributed by atoms with E-state index in [2.05, 4.69) is 11.7 Å². The Bertz CT molecular complexity index is 475. The van der Waals surface area contributed by atoms with Gasteiger partial charge in [0.25, 0.3) is 5.24 Å². The zero-order valence-electron chi connectivity index (χ0n) is 10.4. The summed E-state index contributed by atoms with van der Waals surface area (Å²) in [5.41, 5.74) is 2.24. The lowest BCUT2D eigenvalue weighted by molar-refractivity contribution is 0.218. The van der Waals surface area contributed by atoms with Crippen LogP contribution in [0.5, 0.6) is 0 Å². The molecule has 0 atom stereocenters. The summed E-state index contributed by atoms with van der Waals surface area (Å²) in [6.07, 6.45) is 0. The third kappa shape index (κ3) is 4.33. The van der Waals surface area contributed by atoms with Crippen LogP contribution in [-0.2, 0) is 13.1 Å². The summed E-state index contributed by atoms with van der Waals surface area (Å²) in [4.78, 5) is 13.7. The van der Waals surface area contributed by atoms with Crippen LogP contribution in [0.2, 0.25) is 0 Å². The fourth-order valence-corrected chi connectivity index (χ4v) is 2.44. The summed E-state index contributed by atoms with van der Waals surface area (Å²) in [6, 6.07) is 20.0. The predicted octanol–water partition coefficient (Wildman–Crippen LogP) is 4.39. The lowest BCUT2D eigenvalue weighted by Gasteiger charge is -2.21. The molecule has 2 rings (SSSR count). The standard InChI is InChI=1S/C15H15NOS2/c17-15(19-18)16(11-13-7-3-1-4-8-13)12-14-9-5-2-6-10-14/h1-10,18H,11-12H2. The van der Waals surface area contributed by atoms with Crippen LogP contribution in [0.3, 0.4) is 0 Å². The van der Waals surface area contributed by atoms with Gasteiger partial charge in [0.15, 0.2) is 0 Å². The summed E-state index contributed by atoms with van der Waals surface area (Å²) < 4.78 is 0. The number of amides is 1. The molecule has 0 aliphatic heterocycles. The number of thiol groups is 1. The van der Waals surface area contributed by atoms with Crippen molar-refractivity contribution in [2.45, 2.75) is 13.1 Å². The van der Waals surface area contributed by atoms with Crippen molar-refractivity contribution in [3.05, 3.63) is 71.8 Å². The van der Waals surface area contributed by atoms with E-state index in [0.717, 1.165) is 21.9 Å². The summed E-state index contributed by atoms with van der Waals surface area (Å²) in [7, 11) is 0.953. The zero-order valence-corrected chi connectivity index (χ0v) is 12.1. The van der Waals surface area contributed by atoms with Crippen molar-refractivity contribution in [3.63, 3.8) is 0 Å². The molecule has 1 amide bonds. The van der Waals surface area contributed by atoms with Gasteiger partial charge in [0.2, 0.25) is 0 Å². The Morgan fingerprint density at radius 2 is 1.32 bits per heavy atom. The van der Waals surface area contributed by atoms with Crippen LogP contribution >= 0.6 is 22.5 Å². The Hall–Kier alpha value is -1.39. The van der Waals surface area contributed by atoms with Crippen LogP contribution in [0, 0.1) is 0 Å². The summed E-state index contributed by atoms with van der Waals surface area (Å²) >= 11 is 4.01. The number of hydrogen-bond acceptors (Lipinski definition) is 3. The Labute approximate surface area is 122 Å². The average Bonchev–Trinajstić information content (AvgIpc) is 2.48. The molecule has 2 aromatic carbocycles. The highest BCUT2D eigenvalue weighted by Gasteiger charge is 2.13. The first kappa shape index (κ1) is 14.0. The minimum absolute atomic E-state index is 0.0314. The molecule has 0 aliphatic carbocycles. The zero-order chi connectivity index (χ0) is 13.5. The Kier molecular flexibility index (Phi) is 5.36. The van der Waals surface area contributed by atoms with Crippen LogP contribution in [-0.4, -0.2) is 10.1 Å². The van der Waals surface area contributed by atoms with Crippen LogP contribution in [0.4, 0.5) is 4.79 Å². The van der Waals surface area contributed by atoms with Crippen molar-refractivity contribution < 1.29 is 4.79 Å². The smallest absolute Gasteiger partial charge is 0.292 e. The van der Waals surface area contributed by atoms with Crippen molar-refractivity contribution in [2.24, 2.45) is 0 Å². The van der Waals surface area contributed by atoms with Crippen LogP contribution in [0.15, 0.2) is 60.7 Å². The second kappa shape index (κ2) is 7.26. The number of benzene rings is 2. The maximum absolute atomic E-state index is 11.9. The second-order valence-corrected chi connectivity index (χ2v) is 5.26. The molecule has 2 nitrogen and oxygen atoms in total. The van der Waals surface area contributed by atoms with E-state index in [0.29, 0.717) is 13.1 Å². The molecule has 0 aliphatic rings. The van der Waals surface area contributed by atoms with Gasteiger partial charge in [0.05, 0.1) is 0 Å². The number of hydrogen-bond donors (Lipinski definition) is 1. The SMILES string of the molecule is O=C(SS)N(Cc1ccccc1)Cc1ccccc1. The molecular weight excluding hydrogens is 274 g/mol. The lowest BCUT2D eigenvalue weighted by atomic mass is 10.2. The van der Waals surface area contributed by atoms with Crippen LogP contribution in [0.1, 0.15) is 11.1 Å². The third-order valence-corrected chi connectivity index (χ3v) is 3.65. The third-order valence-electron chi connectivity index (χ3n) is 2.77. The van der Waals surface area contributed by atoms with E-state index >= 15 is 0 Å². The van der Waals surface area contributed by atoms with Gasteiger partial charge in [0.1, 0.15) is 0 Å². The first-order valence-electron chi connectivity index (χ1n) is 5.98. The molecule has 0 N–H and O–H groups in total. The van der Waals surface area contributed by atoms with E-state index in [1.54, 1.807) is 4.90 Å². The molecule has 19 heavy (non-hydrogen) atoms. The molecular formula is C15H15NOS2. The van der Waals surface area contributed by atoms with Gasteiger partial charge in [-0.3, -0.25) is 4.79 Å². The molecule has 0 unspecified atom stereocenters. The van der Waals surface area contributed by atoms with E-state index < -0.39 is 0 Å². The molecule has 2 aromatic rings. The van der Waals surface area contributed by atoms with Gasteiger partial charge < -0.3 is 4.90 Å². The molecule has 0 heterocycles. The summed E-state index contributed by atoms with van der Waals surface area (Å²) in [6.45, 7) is 1.20. The molecule has 0 aromatic heterocycles.